The van der Waals surface area contributed by atoms with Crippen LogP contribution in [0.3, 0.4) is 0 Å². The Kier molecular flexibility index (Phi) is 5.64. The Bertz CT molecular complexity index is 1470. The van der Waals surface area contributed by atoms with E-state index in [1.165, 1.54) is 12.3 Å². The molecular formula is C20H12F4N4O4S. The summed E-state index contributed by atoms with van der Waals surface area (Å²) >= 11 is 0. The van der Waals surface area contributed by atoms with Crippen LogP contribution in [0.5, 0.6) is 5.75 Å². The summed E-state index contributed by atoms with van der Waals surface area (Å²) in [6.07, 6.45) is 1.50. The van der Waals surface area contributed by atoms with E-state index < -0.39 is 55.7 Å². The van der Waals surface area contributed by atoms with Crippen molar-refractivity contribution in [3.05, 3.63) is 78.1 Å². The first kappa shape index (κ1) is 22.1. The van der Waals surface area contributed by atoms with Crippen LogP contribution in [0.25, 0.3) is 11.0 Å². The lowest BCUT2D eigenvalue weighted by Crippen LogP contribution is -2.21. The summed E-state index contributed by atoms with van der Waals surface area (Å²) in [5.74, 6) is -5.68. The molecule has 3 N–H and O–H groups in total. The van der Waals surface area contributed by atoms with Crippen molar-refractivity contribution in [2.45, 2.75) is 4.90 Å². The van der Waals surface area contributed by atoms with Gasteiger partial charge in [-0.05, 0) is 36.4 Å². The summed E-state index contributed by atoms with van der Waals surface area (Å²) in [6, 6.07) is 6.75. The van der Waals surface area contributed by atoms with Gasteiger partial charge in [-0.2, -0.15) is 0 Å². The number of H-pyrrole nitrogens is 1. The van der Waals surface area contributed by atoms with E-state index in [9.17, 15) is 30.8 Å². The van der Waals surface area contributed by atoms with E-state index in [1.807, 2.05) is 5.32 Å². The first-order chi connectivity index (χ1) is 15.7. The standard InChI is InChI=1S/C20H12F4N4O4S/c21-12-4-5-15(28-33(30,31)18-13(22)2-1-3-14(18)23)16(24)17(12)27-20(29)32-11-8-10-6-7-25-19(10)26-9-11/h1-9,28H,(H,25,26)(H,27,29). The fourth-order valence-corrected chi connectivity index (χ4v) is 4.09. The number of carbonyl (C=O) groups excluding carboxylic acids is 1. The van der Waals surface area contributed by atoms with Gasteiger partial charge in [0, 0.05) is 11.6 Å². The molecule has 2 aromatic carbocycles. The monoisotopic (exact) mass is 480 g/mol. The minimum atomic E-state index is -4.94. The fraction of sp³-hybridized carbons (Fsp3) is 0. The Labute approximate surface area is 183 Å². The third kappa shape index (κ3) is 4.43. The number of aromatic nitrogens is 2. The molecule has 0 atom stereocenters. The number of anilines is 2. The number of carbonyl (C=O) groups is 1. The normalized spacial score (nSPS) is 11.4. The molecule has 0 saturated carbocycles. The number of fused-ring (bicyclic) bond motifs is 1. The molecule has 0 aliphatic carbocycles. The maximum Gasteiger partial charge on any atom is 0.417 e. The number of hydrogen-bond acceptors (Lipinski definition) is 5. The van der Waals surface area contributed by atoms with Crippen molar-refractivity contribution in [2.75, 3.05) is 10.0 Å². The van der Waals surface area contributed by atoms with Gasteiger partial charge in [0.2, 0.25) is 0 Å². The number of nitrogens with one attached hydrogen (secondary N) is 3. The summed E-state index contributed by atoms with van der Waals surface area (Å²) in [5.41, 5.74) is -1.40. The first-order valence-electron chi connectivity index (χ1n) is 9.02. The van der Waals surface area contributed by atoms with Crippen LogP contribution in [-0.4, -0.2) is 24.5 Å². The van der Waals surface area contributed by atoms with E-state index in [0.29, 0.717) is 35.3 Å². The van der Waals surface area contributed by atoms with Crippen LogP contribution in [0.2, 0.25) is 0 Å². The van der Waals surface area contributed by atoms with E-state index in [1.54, 1.807) is 17.0 Å². The molecule has 2 aromatic heterocycles. The second-order valence-corrected chi connectivity index (χ2v) is 8.16. The molecule has 1 amide bonds. The molecule has 0 bridgehead atoms. The number of amides is 1. The summed E-state index contributed by atoms with van der Waals surface area (Å²) in [4.78, 5) is 17.6. The van der Waals surface area contributed by atoms with E-state index in [2.05, 4.69) is 9.97 Å². The Morgan fingerprint density at radius 3 is 2.45 bits per heavy atom. The molecule has 33 heavy (non-hydrogen) atoms. The largest absolute Gasteiger partial charge is 0.417 e. The SMILES string of the molecule is O=C(Nc1c(F)ccc(NS(=O)(=O)c2c(F)cccc2F)c1F)Oc1cnc2[nH]ccc2c1. The predicted octanol–water partition coefficient (Wildman–Crippen LogP) is 4.53. The van der Waals surface area contributed by atoms with Crippen LogP contribution < -0.4 is 14.8 Å². The van der Waals surface area contributed by atoms with Crippen molar-refractivity contribution in [1.82, 2.24) is 9.97 Å². The Hall–Kier alpha value is -4.13. The third-order valence-electron chi connectivity index (χ3n) is 4.34. The number of aromatic amines is 1. The van der Waals surface area contributed by atoms with Gasteiger partial charge in [-0.15, -0.1) is 0 Å². The zero-order chi connectivity index (χ0) is 23.8. The molecule has 0 radical (unpaired) electrons. The second-order valence-electron chi connectivity index (χ2n) is 6.54. The number of pyridine rings is 1. The highest BCUT2D eigenvalue weighted by Crippen LogP contribution is 2.29. The molecular weight excluding hydrogens is 468 g/mol. The second kappa shape index (κ2) is 8.43. The maximum atomic E-state index is 14.8. The quantitative estimate of drug-likeness (QED) is 0.363. The van der Waals surface area contributed by atoms with Crippen LogP contribution in [0.15, 0.2) is 59.8 Å². The summed E-state index contributed by atoms with van der Waals surface area (Å²) < 4.78 is 88.0. The van der Waals surface area contributed by atoms with Crippen molar-refractivity contribution in [3.63, 3.8) is 0 Å². The van der Waals surface area contributed by atoms with Gasteiger partial charge in [0.15, 0.2) is 16.5 Å². The molecule has 0 aliphatic rings. The molecule has 170 valence electrons. The number of hydrogen-bond donors (Lipinski definition) is 3. The predicted molar refractivity (Wildman–Crippen MR) is 109 cm³/mol. The molecule has 4 rings (SSSR count). The van der Waals surface area contributed by atoms with Crippen molar-refractivity contribution in [1.29, 1.82) is 0 Å². The van der Waals surface area contributed by atoms with Crippen molar-refractivity contribution >= 4 is 38.5 Å². The molecule has 0 aliphatic heterocycles. The van der Waals surface area contributed by atoms with Crippen molar-refractivity contribution in [2.24, 2.45) is 0 Å². The smallest absolute Gasteiger partial charge is 0.408 e. The van der Waals surface area contributed by atoms with Crippen LogP contribution in [0, 0.1) is 23.3 Å². The first-order valence-corrected chi connectivity index (χ1v) is 10.5. The van der Waals surface area contributed by atoms with E-state index in [4.69, 9.17) is 4.74 Å². The van der Waals surface area contributed by atoms with Gasteiger partial charge in [0.05, 0.1) is 11.9 Å². The highest BCUT2D eigenvalue weighted by Gasteiger charge is 2.26. The van der Waals surface area contributed by atoms with Crippen molar-refractivity contribution < 1.29 is 35.5 Å². The Morgan fingerprint density at radius 2 is 1.73 bits per heavy atom. The Morgan fingerprint density at radius 1 is 1.00 bits per heavy atom. The molecule has 8 nitrogen and oxygen atoms in total. The van der Waals surface area contributed by atoms with Gasteiger partial charge in [-0.3, -0.25) is 10.0 Å². The minimum Gasteiger partial charge on any atom is -0.408 e. The third-order valence-corrected chi connectivity index (χ3v) is 5.75. The average Bonchev–Trinajstić information content (AvgIpc) is 3.21. The molecule has 2 heterocycles. The van der Waals surface area contributed by atoms with Crippen LogP contribution in [0.1, 0.15) is 0 Å². The van der Waals surface area contributed by atoms with Crippen molar-refractivity contribution in [3.8, 4) is 5.75 Å². The lowest BCUT2D eigenvalue weighted by molar-refractivity contribution is 0.215. The van der Waals surface area contributed by atoms with Gasteiger partial charge in [-0.1, -0.05) is 6.07 Å². The molecule has 0 saturated heterocycles. The number of ether oxygens (including phenoxy) is 1. The molecule has 4 aromatic rings. The summed E-state index contributed by atoms with van der Waals surface area (Å²) in [6.45, 7) is 0. The maximum absolute atomic E-state index is 14.8. The lowest BCUT2D eigenvalue weighted by atomic mass is 10.2. The number of benzene rings is 2. The minimum absolute atomic E-state index is 0.0349. The van der Waals surface area contributed by atoms with Crippen LogP contribution in [0.4, 0.5) is 33.7 Å². The number of halogens is 4. The highest BCUT2D eigenvalue weighted by atomic mass is 32.2. The number of nitrogens with zero attached hydrogens (tertiary/aromatic N) is 1. The molecule has 0 spiro atoms. The molecule has 13 heteroatoms. The average molecular weight is 480 g/mol. The van der Waals surface area contributed by atoms with E-state index in [-0.39, 0.29) is 5.75 Å². The van der Waals surface area contributed by atoms with Gasteiger partial charge in [0.1, 0.15) is 28.8 Å². The van der Waals surface area contributed by atoms with E-state index in [0.717, 1.165) is 6.07 Å². The van der Waals surface area contributed by atoms with Crippen LogP contribution >= 0.6 is 0 Å². The highest BCUT2D eigenvalue weighted by molar-refractivity contribution is 7.92. The lowest BCUT2D eigenvalue weighted by Gasteiger charge is -2.14. The zero-order valence-corrected chi connectivity index (χ0v) is 17.0. The van der Waals surface area contributed by atoms with Gasteiger partial charge in [0.25, 0.3) is 10.0 Å². The summed E-state index contributed by atoms with van der Waals surface area (Å²) in [5, 5.41) is 2.43. The van der Waals surface area contributed by atoms with E-state index >= 15 is 0 Å². The van der Waals surface area contributed by atoms with Gasteiger partial charge in [-0.25, -0.2) is 35.8 Å². The number of rotatable bonds is 5. The molecule has 0 fully saturated rings. The number of sulfonamides is 1. The fourth-order valence-electron chi connectivity index (χ4n) is 2.89. The zero-order valence-electron chi connectivity index (χ0n) is 16.2. The van der Waals surface area contributed by atoms with Gasteiger partial charge < -0.3 is 9.72 Å². The van der Waals surface area contributed by atoms with Gasteiger partial charge >= 0.3 is 6.09 Å². The topological polar surface area (TPSA) is 113 Å². The van der Waals surface area contributed by atoms with Crippen LogP contribution in [-0.2, 0) is 10.0 Å². The summed E-state index contributed by atoms with van der Waals surface area (Å²) in [7, 11) is -4.94. The Balaban J connectivity index is 1.58. The molecule has 0 unspecified atom stereocenters.